The maximum absolute atomic E-state index is 12.8. The highest BCUT2D eigenvalue weighted by Crippen LogP contribution is 2.18. The van der Waals surface area contributed by atoms with Crippen LogP contribution in [0.2, 0.25) is 0 Å². The Hall–Kier alpha value is -1.59. The second-order valence-corrected chi connectivity index (χ2v) is 18.8. The van der Waals surface area contributed by atoms with Crippen molar-refractivity contribution in [1.29, 1.82) is 0 Å². The quantitative estimate of drug-likeness (QED) is 0.0346. The van der Waals surface area contributed by atoms with E-state index in [9.17, 15) is 14.4 Å². The molecule has 0 saturated carbocycles. The predicted octanol–water partition coefficient (Wildman–Crippen LogP) is 16.4. The van der Waals surface area contributed by atoms with E-state index < -0.39 is 6.10 Å². The Bertz CT molecular complexity index is 902. The van der Waals surface area contributed by atoms with Crippen LogP contribution in [0.5, 0.6) is 0 Å². The molecule has 0 fully saturated rings. The summed E-state index contributed by atoms with van der Waals surface area (Å²) >= 11 is 0. The zero-order valence-electron chi connectivity index (χ0n) is 39.8. The maximum Gasteiger partial charge on any atom is 0.306 e. The van der Waals surface area contributed by atoms with Gasteiger partial charge in [0.2, 0.25) is 0 Å². The highest BCUT2D eigenvalue weighted by molar-refractivity contribution is 5.71. The molecule has 0 aromatic rings. The van der Waals surface area contributed by atoms with Crippen molar-refractivity contribution < 1.29 is 28.6 Å². The van der Waals surface area contributed by atoms with Crippen LogP contribution in [0.3, 0.4) is 0 Å². The Kier molecular flexibility index (Phi) is 42.3. The molecule has 0 amide bonds. The zero-order valence-corrected chi connectivity index (χ0v) is 39.8. The summed E-state index contributed by atoms with van der Waals surface area (Å²) in [6.45, 7) is 13.7. The zero-order chi connectivity index (χ0) is 42.7. The van der Waals surface area contributed by atoms with Gasteiger partial charge in [-0.25, -0.2) is 0 Å². The first-order valence-electron chi connectivity index (χ1n) is 25.7. The summed E-state index contributed by atoms with van der Waals surface area (Å²) in [7, 11) is 0. The number of esters is 3. The number of ether oxygens (including phenoxy) is 3. The Morgan fingerprint density at radius 3 is 0.897 bits per heavy atom. The van der Waals surface area contributed by atoms with Gasteiger partial charge < -0.3 is 14.2 Å². The van der Waals surface area contributed by atoms with Crippen molar-refractivity contribution in [3.05, 3.63) is 0 Å². The lowest BCUT2D eigenvalue weighted by atomic mass is 9.99. The minimum atomic E-state index is -0.763. The van der Waals surface area contributed by atoms with Crippen LogP contribution in [0.1, 0.15) is 279 Å². The van der Waals surface area contributed by atoms with E-state index in [1.54, 1.807) is 0 Å². The summed E-state index contributed by atoms with van der Waals surface area (Å²) in [4.78, 5) is 37.9. The maximum atomic E-state index is 12.8. The molecule has 344 valence electrons. The van der Waals surface area contributed by atoms with Crippen LogP contribution in [0.25, 0.3) is 0 Å². The van der Waals surface area contributed by atoms with E-state index in [4.69, 9.17) is 14.2 Å². The first-order chi connectivity index (χ1) is 28.2. The number of carbonyl (C=O) groups is 3. The molecule has 6 heteroatoms. The summed E-state index contributed by atoms with van der Waals surface area (Å²) in [5.74, 6) is 1.66. The minimum Gasteiger partial charge on any atom is -0.462 e. The molecular formula is C52H100O6. The van der Waals surface area contributed by atoms with Crippen molar-refractivity contribution in [1.82, 2.24) is 0 Å². The van der Waals surface area contributed by atoms with Gasteiger partial charge in [-0.1, -0.05) is 241 Å². The van der Waals surface area contributed by atoms with Gasteiger partial charge in [-0.2, -0.15) is 0 Å². The van der Waals surface area contributed by atoms with E-state index in [2.05, 4.69) is 41.5 Å². The monoisotopic (exact) mass is 821 g/mol. The van der Waals surface area contributed by atoms with Crippen molar-refractivity contribution in [2.75, 3.05) is 13.2 Å². The van der Waals surface area contributed by atoms with Gasteiger partial charge in [-0.05, 0) is 37.0 Å². The normalized spacial score (nSPS) is 13.1. The van der Waals surface area contributed by atoms with Crippen molar-refractivity contribution in [2.24, 2.45) is 17.8 Å². The van der Waals surface area contributed by atoms with Gasteiger partial charge in [0.15, 0.2) is 6.10 Å². The largest absolute Gasteiger partial charge is 0.462 e. The van der Waals surface area contributed by atoms with Gasteiger partial charge in [0.05, 0.1) is 0 Å². The Balaban J connectivity index is 4.27. The summed E-state index contributed by atoms with van der Waals surface area (Å²) in [5, 5.41) is 0. The molecule has 3 atom stereocenters. The minimum absolute atomic E-state index is 0.0656. The molecule has 0 N–H and O–H groups in total. The van der Waals surface area contributed by atoms with E-state index >= 15 is 0 Å². The lowest BCUT2D eigenvalue weighted by Crippen LogP contribution is -2.30. The standard InChI is InChI=1S/C52H100O6/c1-7-47(5)39-33-27-21-17-13-11-9-10-12-14-18-22-29-35-41-50(53)56-44-49(45-57-51(54)42-36-30-25-24-28-34-40-48(6)8-2)58-52(55)43-37-31-23-19-15-16-20-26-32-38-46(3)4/h46-49H,7-45H2,1-6H3/t47?,48?,49-/m1/s1. The number of rotatable bonds is 45. The molecule has 0 aliphatic rings. The molecule has 58 heavy (non-hydrogen) atoms. The molecular weight excluding hydrogens is 721 g/mol. The Morgan fingerprint density at radius 1 is 0.345 bits per heavy atom. The van der Waals surface area contributed by atoms with E-state index in [0.717, 1.165) is 75.5 Å². The van der Waals surface area contributed by atoms with Crippen molar-refractivity contribution in [2.45, 2.75) is 285 Å². The fraction of sp³-hybridized carbons (Fsp3) is 0.942. The van der Waals surface area contributed by atoms with Crippen LogP contribution in [-0.4, -0.2) is 37.2 Å². The van der Waals surface area contributed by atoms with Gasteiger partial charge >= 0.3 is 17.9 Å². The number of hydrogen-bond acceptors (Lipinski definition) is 6. The molecule has 2 unspecified atom stereocenters. The SMILES string of the molecule is CCC(C)CCCCCCCCCCCCCCCCC(=O)OC[C@H](COC(=O)CCCCCCCCC(C)CC)OC(=O)CCCCCCCCCCCC(C)C. The van der Waals surface area contributed by atoms with Gasteiger partial charge in [-0.15, -0.1) is 0 Å². The molecule has 0 heterocycles. The van der Waals surface area contributed by atoms with E-state index in [-0.39, 0.29) is 31.1 Å². The molecule has 0 saturated heterocycles. The molecule has 0 aliphatic heterocycles. The second kappa shape index (κ2) is 43.5. The molecule has 0 radical (unpaired) electrons. The molecule has 0 aromatic carbocycles. The van der Waals surface area contributed by atoms with E-state index in [1.165, 1.54) is 161 Å². The highest BCUT2D eigenvalue weighted by atomic mass is 16.6. The van der Waals surface area contributed by atoms with Crippen molar-refractivity contribution >= 4 is 17.9 Å². The van der Waals surface area contributed by atoms with Gasteiger partial charge in [0, 0.05) is 19.3 Å². The van der Waals surface area contributed by atoms with Crippen molar-refractivity contribution in [3.8, 4) is 0 Å². The van der Waals surface area contributed by atoms with Crippen LogP contribution in [0.4, 0.5) is 0 Å². The average Bonchev–Trinajstić information content (AvgIpc) is 3.21. The Labute approximate surface area is 361 Å². The Morgan fingerprint density at radius 2 is 0.603 bits per heavy atom. The van der Waals surface area contributed by atoms with Crippen LogP contribution < -0.4 is 0 Å². The van der Waals surface area contributed by atoms with E-state index in [1.807, 2.05) is 0 Å². The number of carbonyl (C=O) groups excluding carboxylic acids is 3. The topological polar surface area (TPSA) is 78.9 Å². The summed E-state index contributed by atoms with van der Waals surface area (Å²) in [6, 6.07) is 0. The van der Waals surface area contributed by atoms with Crippen LogP contribution in [0.15, 0.2) is 0 Å². The van der Waals surface area contributed by atoms with Crippen molar-refractivity contribution in [3.63, 3.8) is 0 Å². The van der Waals surface area contributed by atoms with Crippen LogP contribution in [-0.2, 0) is 28.6 Å². The lowest BCUT2D eigenvalue weighted by molar-refractivity contribution is -0.167. The summed E-state index contributed by atoms with van der Waals surface area (Å²) < 4.78 is 16.8. The summed E-state index contributed by atoms with van der Waals surface area (Å²) in [6.07, 6.45) is 42.3. The first-order valence-corrected chi connectivity index (χ1v) is 25.7. The number of unbranched alkanes of at least 4 members (excludes halogenated alkanes) is 26. The van der Waals surface area contributed by atoms with Crippen LogP contribution in [0, 0.1) is 17.8 Å². The van der Waals surface area contributed by atoms with Crippen LogP contribution >= 0.6 is 0 Å². The van der Waals surface area contributed by atoms with Gasteiger partial charge in [0.25, 0.3) is 0 Å². The highest BCUT2D eigenvalue weighted by Gasteiger charge is 2.19. The molecule has 0 spiro atoms. The summed E-state index contributed by atoms with van der Waals surface area (Å²) in [5.41, 5.74) is 0. The molecule has 0 bridgehead atoms. The number of hydrogen-bond donors (Lipinski definition) is 0. The fourth-order valence-corrected chi connectivity index (χ4v) is 7.70. The third-order valence-corrected chi connectivity index (χ3v) is 12.4. The second-order valence-electron chi connectivity index (χ2n) is 18.8. The average molecular weight is 821 g/mol. The first kappa shape index (κ1) is 56.4. The fourth-order valence-electron chi connectivity index (χ4n) is 7.70. The molecule has 0 aliphatic carbocycles. The molecule has 0 aromatic heterocycles. The third-order valence-electron chi connectivity index (χ3n) is 12.4. The smallest absolute Gasteiger partial charge is 0.306 e. The molecule has 6 nitrogen and oxygen atoms in total. The van der Waals surface area contributed by atoms with Gasteiger partial charge in [-0.3, -0.25) is 14.4 Å². The lowest BCUT2D eigenvalue weighted by Gasteiger charge is -2.18. The third kappa shape index (κ3) is 42.5. The van der Waals surface area contributed by atoms with E-state index in [0.29, 0.717) is 19.3 Å². The predicted molar refractivity (Wildman–Crippen MR) is 247 cm³/mol. The molecule has 0 rings (SSSR count). The van der Waals surface area contributed by atoms with Gasteiger partial charge in [0.1, 0.15) is 13.2 Å².